The molecule has 3 aromatic rings. The number of anilines is 2. The highest BCUT2D eigenvalue weighted by Gasteiger charge is 2.36. The van der Waals surface area contributed by atoms with E-state index in [1.807, 2.05) is 24.3 Å². The molecule has 1 aliphatic carbocycles. The molecule has 3 aliphatic rings. The van der Waals surface area contributed by atoms with Gasteiger partial charge in [-0.15, -0.1) is 0 Å². The van der Waals surface area contributed by atoms with Crippen molar-refractivity contribution in [3.8, 4) is 11.5 Å². The Kier molecular flexibility index (Phi) is 6.92. The Labute approximate surface area is 221 Å². The van der Waals surface area contributed by atoms with E-state index in [4.69, 9.17) is 18.6 Å². The number of rotatable bonds is 7. The number of hydrogen-bond acceptors (Lipinski definition) is 7. The lowest BCUT2D eigenvalue weighted by Gasteiger charge is -2.33. The highest BCUT2D eigenvalue weighted by atomic mass is 16.7. The molecule has 198 valence electrons. The van der Waals surface area contributed by atoms with Crippen LogP contribution < -0.4 is 24.6 Å². The number of hydrogen-bond donors (Lipinski definition) is 1. The molecule has 1 atom stereocenters. The molecule has 1 N–H and O–H groups in total. The summed E-state index contributed by atoms with van der Waals surface area (Å²) in [6, 6.07) is 15.6. The van der Waals surface area contributed by atoms with Crippen LogP contribution in [0.2, 0.25) is 0 Å². The van der Waals surface area contributed by atoms with Gasteiger partial charge in [-0.3, -0.25) is 14.5 Å². The third-order valence-corrected chi connectivity index (χ3v) is 7.38. The van der Waals surface area contributed by atoms with Gasteiger partial charge in [0.2, 0.25) is 12.7 Å². The van der Waals surface area contributed by atoms with Crippen LogP contribution >= 0.6 is 0 Å². The van der Waals surface area contributed by atoms with Gasteiger partial charge in [0.15, 0.2) is 17.3 Å². The number of amides is 2. The smallest absolute Gasteiger partial charge is 0.294 e. The minimum absolute atomic E-state index is 0.0925. The largest absolute Gasteiger partial charge is 0.459 e. The molecule has 2 fully saturated rings. The fourth-order valence-electron chi connectivity index (χ4n) is 5.39. The molecule has 1 saturated heterocycles. The topological polar surface area (TPSA) is 93.5 Å². The second-order valence-corrected chi connectivity index (χ2v) is 9.77. The summed E-state index contributed by atoms with van der Waals surface area (Å²) < 4.78 is 22.1. The van der Waals surface area contributed by atoms with E-state index in [0.717, 1.165) is 44.5 Å². The zero-order valence-corrected chi connectivity index (χ0v) is 21.1. The summed E-state index contributed by atoms with van der Waals surface area (Å²) in [6.07, 6.45) is 5.49. The summed E-state index contributed by atoms with van der Waals surface area (Å²) >= 11 is 0. The Morgan fingerprint density at radius 2 is 1.71 bits per heavy atom. The van der Waals surface area contributed by atoms with E-state index >= 15 is 0 Å². The van der Waals surface area contributed by atoms with Crippen LogP contribution in [0.1, 0.15) is 47.8 Å². The molecular weight excluding hydrogens is 486 g/mol. The summed E-state index contributed by atoms with van der Waals surface area (Å²) in [7, 11) is 0. The van der Waals surface area contributed by atoms with Crippen LogP contribution in [-0.2, 0) is 9.53 Å². The van der Waals surface area contributed by atoms with Crippen LogP contribution in [0.25, 0.3) is 0 Å². The number of fused-ring (bicyclic) bond motifs is 1. The SMILES string of the molecule is O=C(NC1CCCC1)[C@@H](c1ccc(N2CCOCC2)cc1)N(C(=O)c1ccco1)c1ccc2c(c1)OCO2. The highest BCUT2D eigenvalue weighted by molar-refractivity contribution is 6.09. The molecule has 2 aromatic carbocycles. The molecule has 0 radical (unpaired) electrons. The van der Waals surface area contributed by atoms with Crippen LogP contribution in [0.3, 0.4) is 0 Å². The van der Waals surface area contributed by atoms with Crippen molar-refractivity contribution in [1.29, 1.82) is 0 Å². The maximum Gasteiger partial charge on any atom is 0.294 e. The summed E-state index contributed by atoms with van der Waals surface area (Å²) in [5.41, 5.74) is 2.27. The maximum absolute atomic E-state index is 14.0. The fourth-order valence-corrected chi connectivity index (χ4v) is 5.39. The third-order valence-electron chi connectivity index (χ3n) is 7.38. The van der Waals surface area contributed by atoms with E-state index in [2.05, 4.69) is 10.2 Å². The number of ether oxygens (including phenoxy) is 3. The average molecular weight is 518 g/mol. The highest BCUT2D eigenvalue weighted by Crippen LogP contribution is 2.39. The number of nitrogens with zero attached hydrogens (tertiary/aromatic N) is 2. The Balaban J connectivity index is 1.41. The first-order valence-corrected chi connectivity index (χ1v) is 13.2. The molecular formula is C29H31N3O6. The van der Waals surface area contributed by atoms with E-state index in [0.29, 0.717) is 36.0 Å². The standard InChI is InChI=1S/C29H31N3O6/c33-28(30-21-4-1-2-5-21)27(20-7-9-22(10-8-20)31-13-16-35-17-14-31)32(29(34)25-6-3-15-36-25)23-11-12-24-26(18-23)38-19-37-24/h3,6-12,15,18,21,27H,1-2,4-5,13-14,16-17,19H2,(H,30,33)/t27-/m1/s1. The number of benzene rings is 2. The zero-order chi connectivity index (χ0) is 25.9. The molecule has 6 rings (SSSR count). The van der Waals surface area contributed by atoms with Crippen molar-refractivity contribution in [2.75, 3.05) is 42.9 Å². The van der Waals surface area contributed by atoms with Crippen LogP contribution in [0.5, 0.6) is 11.5 Å². The van der Waals surface area contributed by atoms with E-state index in [1.165, 1.54) is 11.2 Å². The summed E-state index contributed by atoms with van der Waals surface area (Å²) in [5.74, 6) is 0.621. The van der Waals surface area contributed by atoms with Gasteiger partial charge in [0.25, 0.3) is 5.91 Å². The van der Waals surface area contributed by atoms with Crippen LogP contribution in [0.15, 0.2) is 65.3 Å². The predicted octanol–water partition coefficient (Wildman–Crippen LogP) is 4.29. The first-order valence-electron chi connectivity index (χ1n) is 13.2. The van der Waals surface area contributed by atoms with Gasteiger partial charge in [-0.1, -0.05) is 25.0 Å². The molecule has 2 aliphatic heterocycles. The lowest BCUT2D eigenvalue weighted by atomic mass is 10.0. The average Bonchev–Trinajstić information content (AvgIpc) is 3.75. The molecule has 9 nitrogen and oxygen atoms in total. The molecule has 2 amide bonds. The molecule has 0 spiro atoms. The Bertz CT molecular complexity index is 1260. The van der Waals surface area contributed by atoms with Crippen molar-refractivity contribution in [3.63, 3.8) is 0 Å². The summed E-state index contributed by atoms with van der Waals surface area (Å²) in [4.78, 5) is 31.7. The minimum atomic E-state index is -0.924. The lowest BCUT2D eigenvalue weighted by molar-refractivity contribution is -0.123. The number of nitrogens with one attached hydrogen (secondary N) is 1. The number of carbonyl (C=O) groups excluding carboxylic acids is 2. The summed E-state index contributed by atoms with van der Waals surface area (Å²) in [6.45, 7) is 3.10. The lowest BCUT2D eigenvalue weighted by Crippen LogP contribution is -2.46. The molecule has 0 unspecified atom stereocenters. The van der Waals surface area contributed by atoms with Gasteiger partial charge in [-0.25, -0.2) is 0 Å². The van der Waals surface area contributed by atoms with Crippen molar-refractivity contribution in [2.24, 2.45) is 0 Å². The van der Waals surface area contributed by atoms with Gasteiger partial charge >= 0.3 is 0 Å². The molecule has 38 heavy (non-hydrogen) atoms. The second kappa shape index (κ2) is 10.8. The Morgan fingerprint density at radius 3 is 2.45 bits per heavy atom. The Morgan fingerprint density at radius 1 is 0.947 bits per heavy atom. The van der Waals surface area contributed by atoms with Gasteiger partial charge in [0, 0.05) is 36.6 Å². The van der Waals surface area contributed by atoms with Gasteiger partial charge in [0.05, 0.1) is 19.5 Å². The van der Waals surface area contributed by atoms with Crippen molar-refractivity contribution in [1.82, 2.24) is 5.32 Å². The number of furan rings is 1. The molecule has 1 saturated carbocycles. The molecule has 0 bridgehead atoms. The van der Waals surface area contributed by atoms with Crippen LogP contribution in [0, 0.1) is 0 Å². The van der Waals surface area contributed by atoms with Gasteiger partial charge in [0.1, 0.15) is 6.04 Å². The summed E-state index contributed by atoms with van der Waals surface area (Å²) in [5, 5.41) is 3.21. The van der Waals surface area contributed by atoms with Crippen molar-refractivity contribution in [3.05, 3.63) is 72.2 Å². The van der Waals surface area contributed by atoms with Gasteiger partial charge < -0.3 is 28.8 Å². The zero-order valence-electron chi connectivity index (χ0n) is 21.1. The van der Waals surface area contributed by atoms with E-state index < -0.39 is 11.9 Å². The number of morpholine rings is 1. The molecule has 9 heteroatoms. The van der Waals surface area contributed by atoms with Gasteiger partial charge in [-0.05, 0) is 54.8 Å². The first kappa shape index (κ1) is 24.4. The van der Waals surface area contributed by atoms with E-state index in [1.54, 1.807) is 30.3 Å². The van der Waals surface area contributed by atoms with E-state index in [9.17, 15) is 9.59 Å². The maximum atomic E-state index is 14.0. The van der Waals surface area contributed by atoms with Crippen LogP contribution in [0.4, 0.5) is 11.4 Å². The van der Waals surface area contributed by atoms with E-state index in [-0.39, 0.29) is 24.5 Å². The van der Waals surface area contributed by atoms with Crippen molar-refractivity contribution < 1.29 is 28.2 Å². The normalized spacial score (nSPS) is 17.8. The first-order chi connectivity index (χ1) is 18.7. The van der Waals surface area contributed by atoms with Gasteiger partial charge in [-0.2, -0.15) is 0 Å². The Hall–Kier alpha value is -3.98. The fraction of sp³-hybridized carbons (Fsp3) is 0.379. The molecule has 1 aromatic heterocycles. The minimum Gasteiger partial charge on any atom is -0.459 e. The monoisotopic (exact) mass is 517 g/mol. The number of carbonyl (C=O) groups is 2. The molecule has 3 heterocycles. The second-order valence-electron chi connectivity index (χ2n) is 9.77. The predicted molar refractivity (Wildman–Crippen MR) is 141 cm³/mol. The quantitative estimate of drug-likeness (QED) is 0.500. The van der Waals surface area contributed by atoms with Crippen molar-refractivity contribution in [2.45, 2.75) is 37.8 Å². The van der Waals surface area contributed by atoms with Crippen LogP contribution in [-0.4, -0.2) is 51.0 Å². The third kappa shape index (κ3) is 4.93. The van der Waals surface area contributed by atoms with Crippen molar-refractivity contribution >= 4 is 23.2 Å².